The summed E-state index contributed by atoms with van der Waals surface area (Å²) in [6, 6.07) is 3.40. The van der Waals surface area contributed by atoms with Crippen LogP contribution >= 0.6 is 15.9 Å². The maximum Gasteiger partial charge on any atom is 0.273 e. The number of aryl methyl sites for hydroxylation is 1. The Morgan fingerprint density at radius 2 is 2.17 bits per heavy atom. The standard InChI is InChI=1S/C13H17BrN2O2/c1-8-4-11(10(14)5-12(8)16(17)18)15-7-9-6-13(9,2)3/h4-5,9,15H,6-7H2,1-3H3. The SMILES string of the molecule is Cc1cc(NCC2CC2(C)C)c(Br)cc1[N+](=O)[O-]. The maximum absolute atomic E-state index is 10.8. The second-order valence-corrected chi connectivity index (χ2v) is 6.50. The Labute approximate surface area is 115 Å². The molecular weight excluding hydrogens is 296 g/mol. The molecule has 0 heterocycles. The Morgan fingerprint density at radius 1 is 1.56 bits per heavy atom. The van der Waals surface area contributed by atoms with E-state index in [0.29, 0.717) is 16.9 Å². The number of nitrogens with one attached hydrogen (secondary N) is 1. The number of hydrogen-bond donors (Lipinski definition) is 1. The van der Waals surface area contributed by atoms with Gasteiger partial charge in [-0.2, -0.15) is 0 Å². The normalized spacial score (nSPS) is 20.6. The number of rotatable bonds is 4. The summed E-state index contributed by atoms with van der Waals surface area (Å²) in [7, 11) is 0. The molecule has 2 rings (SSSR count). The van der Waals surface area contributed by atoms with Crippen molar-refractivity contribution < 1.29 is 4.92 Å². The average molecular weight is 313 g/mol. The Kier molecular flexibility index (Phi) is 3.36. The van der Waals surface area contributed by atoms with Crippen molar-refractivity contribution in [2.75, 3.05) is 11.9 Å². The molecule has 1 aromatic carbocycles. The number of halogens is 1. The molecule has 0 spiro atoms. The quantitative estimate of drug-likeness (QED) is 0.672. The van der Waals surface area contributed by atoms with Gasteiger partial charge in [0.1, 0.15) is 0 Å². The van der Waals surface area contributed by atoms with Gasteiger partial charge in [0, 0.05) is 28.3 Å². The second-order valence-electron chi connectivity index (χ2n) is 5.65. The van der Waals surface area contributed by atoms with Crippen LogP contribution in [-0.4, -0.2) is 11.5 Å². The Bertz CT molecular complexity index is 500. The van der Waals surface area contributed by atoms with Gasteiger partial charge < -0.3 is 5.32 Å². The zero-order chi connectivity index (χ0) is 13.5. The Balaban J connectivity index is 2.10. The van der Waals surface area contributed by atoms with Crippen LogP contribution in [0.25, 0.3) is 0 Å². The summed E-state index contributed by atoms with van der Waals surface area (Å²) in [5, 5.41) is 14.2. The molecule has 0 aliphatic heterocycles. The van der Waals surface area contributed by atoms with Crippen LogP contribution in [0, 0.1) is 28.4 Å². The molecule has 0 bridgehead atoms. The highest BCUT2D eigenvalue weighted by atomic mass is 79.9. The lowest BCUT2D eigenvalue weighted by Gasteiger charge is -2.10. The molecule has 0 radical (unpaired) electrons. The highest BCUT2D eigenvalue weighted by Crippen LogP contribution is 2.51. The molecule has 0 saturated heterocycles. The topological polar surface area (TPSA) is 55.2 Å². The molecule has 18 heavy (non-hydrogen) atoms. The predicted octanol–water partition coefficient (Wildman–Crippen LogP) is 4.12. The van der Waals surface area contributed by atoms with Crippen LogP contribution in [0.5, 0.6) is 0 Å². The van der Waals surface area contributed by atoms with Gasteiger partial charge in [0.25, 0.3) is 5.69 Å². The summed E-state index contributed by atoms with van der Waals surface area (Å²) in [5.74, 6) is 0.694. The van der Waals surface area contributed by atoms with E-state index in [9.17, 15) is 10.1 Å². The van der Waals surface area contributed by atoms with E-state index in [2.05, 4.69) is 35.1 Å². The van der Waals surface area contributed by atoms with E-state index in [1.807, 2.05) is 6.07 Å². The van der Waals surface area contributed by atoms with E-state index in [1.54, 1.807) is 13.0 Å². The van der Waals surface area contributed by atoms with Crippen LogP contribution in [0.3, 0.4) is 0 Å². The van der Waals surface area contributed by atoms with Gasteiger partial charge in [0.05, 0.1) is 4.92 Å². The molecule has 0 amide bonds. The summed E-state index contributed by atoms with van der Waals surface area (Å²) in [5.41, 5.74) is 2.20. The summed E-state index contributed by atoms with van der Waals surface area (Å²) >= 11 is 3.38. The summed E-state index contributed by atoms with van der Waals surface area (Å²) < 4.78 is 0.748. The molecule has 1 atom stereocenters. The van der Waals surface area contributed by atoms with Crippen molar-refractivity contribution in [3.8, 4) is 0 Å². The molecular formula is C13H17BrN2O2. The summed E-state index contributed by atoms with van der Waals surface area (Å²) in [4.78, 5) is 10.5. The molecule has 1 aromatic rings. The Hall–Kier alpha value is -1.10. The van der Waals surface area contributed by atoms with E-state index < -0.39 is 0 Å². The molecule has 1 N–H and O–H groups in total. The summed E-state index contributed by atoms with van der Waals surface area (Å²) in [6.07, 6.45) is 1.24. The minimum atomic E-state index is -0.353. The van der Waals surface area contributed by atoms with Crippen LogP contribution in [0.4, 0.5) is 11.4 Å². The third kappa shape index (κ3) is 2.66. The first-order valence-corrected chi connectivity index (χ1v) is 6.79. The minimum Gasteiger partial charge on any atom is -0.384 e. The van der Waals surface area contributed by atoms with Gasteiger partial charge >= 0.3 is 0 Å². The van der Waals surface area contributed by atoms with E-state index >= 15 is 0 Å². The maximum atomic E-state index is 10.8. The van der Waals surface area contributed by atoms with Crippen LogP contribution < -0.4 is 5.32 Å². The van der Waals surface area contributed by atoms with Crippen molar-refractivity contribution in [3.05, 3.63) is 32.3 Å². The van der Waals surface area contributed by atoms with Crippen LogP contribution in [-0.2, 0) is 0 Å². The van der Waals surface area contributed by atoms with Crippen LogP contribution in [0.2, 0.25) is 0 Å². The van der Waals surface area contributed by atoms with E-state index in [4.69, 9.17) is 0 Å². The monoisotopic (exact) mass is 312 g/mol. The third-order valence-corrected chi connectivity index (χ3v) is 4.39. The second kappa shape index (κ2) is 4.53. The highest BCUT2D eigenvalue weighted by molar-refractivity contribution is 9.10. The smallest absolute Gasteiger partial charge is 0.273 e. The van der Waals surface area contributed by atoms with Gasteiger partial charge in [0.15, 0.2) is 0 Å². The molecule has 1 aliphatic carbocycles. The van der Waals surface area contributed by atoms with Gasteiger partial charge in [0.2, 0.25) is 0 Å². The fourth-order valence-corrected chi connectivity index (χ4v) is 2.63. The van der Waals surface area contributed by atoms with Crippen LogP contribution in [0.15, 0.2) is 16.6 Å². The van der Waals surface area contributed by atoms with Gasteiger partial charge in [-0.25, -0.2) is 0 Å². The van der Waals surface area contributed by atoms with E-state index in [1.165, 1.54) is 6.42 Å². The first-order valence-electron chi connectivity index (χ1n) is 5.99. The number of benzene rings is 1. The van der Waals surface area contributed by atoms with Crippen molar-refractivity contribution in [1.29, 1.82) is 0 Å². The van der Waals surface area contributed by atoms with Gasteiger partial charge in [-0.1, -0.05) is 13.8 Å². The van der Waals surface area contributed by atoms with Crippen molar-refractivity contribution in [1.82, 2.24) is 0 Å². The van der Waals surface area contributed by atoms with E-state index in [-0.39, 0.29) is 10.6 Å². The first kappa shape index (κ1) is 13.3. The fraction of sp³-hybridized carbons (Fsp3) is 0.538. The number of nitro benzene ring substituents is 1. The lowest BCUT2D eigenvalue weighted by atomic mass is 10.1. The molecule has 4 nitrogen and oxygen atoms in total. The lowest BCUT2D eigenvalue weighted by molar-refractivity contribution is -0.385. The molecule has 1 aliphatic rings. The zero-order valence-electron chi connectivity index (χ0n) is 10.8. The van der Waals surface area contributed by atoms with Crippen LogP contribution in [0.1, 0.15) is 25.8 Å². The number of nitrogens with zero attached hydrogens (tertiary/aromatic N) is 1. The molecule has 5 heteroatoms. The van der Waals surface area contributed by atoms with Gasteiger partial charge in [-0.3, -0.25) is 10.1 Å². The molecule has 1 unspecified atom stereocenters. The van der Waals surface area contributed by atoms with Crippen molar-refractivity contribution in [2.45, 2.75) is 27.2 Å². The molecule has 1 fully saturated rings. The number of hydrogen-bond acceptors (Lipinski definition) is 3. The van der Waals surface area contributed by atoms with Crippen molar-refractivity contribution >= 4 is 27.3 Å². The molecule has 0 aromatic heterocycles. The molecule has 98 valence electrons. The zero-order valence-corrected chi connectivity index (χ0v) is 12.4. The van der Waals surface area contributed by atoms with Crippen molar-refractivity contribution in [2.24, 2.45) is 11.3 Å². The fourth-order valence-electron chi connectivity index (χ4n) is 2.16. The van der Waals surface area contributed by atoms with Crippen molar-refractivity contribution in [3.63, 3.8) is 0 Å². The number of anilines is 1. The van der Waals surface area contributed by atoms with Gasteiger partial charge in [-0.05, 0) is 46.7 Å². The third-order valence-electron chi connectivity index (χ3n) is 3.74. The van der Waals surface area contributed by atoms with E-state index in [0.717, 1.165) is 16.7 Å². The highest BCUT2D eigenvalue weighted by Gasteiger charge is 2.44. The predicted molar refractivity (Wildman–Crippen MR) is 75.9 cm³/mol. The average Bonchev–Trinajstić information content (AvgIpc) is 2.87. The Morgan fingerprint density at radius 3 is 2.67 bits per heavy atom. The molecule has 1 saturated carbocycles. The number of nitro groups is 1. The summed E-state index contributed by atoms with van der Waals surface area (Å²) in [6.45, 7) is 7.20. The lowest BCUT2D eigenvalue weighted by Crippen LogP contribution is -2.08. The largest absolute Gasteiger partial charge is 0.384 e. The van der Waals surface area contributed by atoms with Gasteiger partial charge in [-0.15, -0.1) is 0 Å². The first-order chi connectivity index (χ1) is 8.31. The minimum absolute atomic E-state index is 0.152.